The molecule has 0 spiro atoms. The third-order valence-electron chi connectivity index (χ3n) is 2.06. The van der Waals surface area contributed by atoms with Gasteiger partial charge in [0.15, 0.2) is 6.29 Å². The maximum atomic E-state index is 11.7. The van der Waals surface area contributed by atoms with Crippen LogP contribution in [-0.4, -0.2) is 30.1 Å². The van der Waals surface area contributed by atoms with Crippen LogP contribution in [0, 0.1) is 6.92 Å². The van der Waals surface area contributed by atoms with E-state index >= 15 is 0 Å². The van der Waals surface area contributed by atoms with Gasteiger partial charge < -0.3 is 9.47 Å². The third kappa shape index (κ3) is 2.87. The number of hydrogen-bond acceptors (Lipinski definition) is 4. The quantitative estimate of drug-likeness (QED) is 0.768. The smallest absolute Gasteiger partial charge is 0.267 e. The van der Waals surface area contributed by atoms with Crippen molar-refractivity contribution in [2.24, 2.45) is 0 Å². The van der Waals surface area contributed by atoms with Crippen molar-refractivity contribution in [3.63, 3.8) is 0 Å². The Morgan fingerprint density at radius 3 is 2.67 bits per heavy atom. The Hall–Kier alpha value is -0.720. The van der Waals surface area contributed by atoms with Gasteiger partial charge in [-0.2, -0.15) is 0 Å². The Morgan fingerprint density at radius 2 is 2.13 bits per heavy atom. The fourth-order valence-electron chi connectivity index (χ4n) is 1.16. The summed E-state index contributed by atoms with van der Waals surface area (Å²) < 4.78 is 12.0. The summed E-state index contributed by atoms with van der Waals surface area (Å²) in [6.07, 6.45) is 1.04. The summed E-state index contributed by atoms with van der Waals surface area (Å²) in [5, 5.41) is 0. The predicted octanol–water partition coefficient (Wildman–Crippen LogP) is 0.933. The van der Waals surface area contributed by atoms with Crippen LogP contribution in [0.4, 0.5) is 0 Å². The number of halogens is 1. The Labute approximate surface area is 96.2 Å². The first kappa shape index (κ1) is 12.4. The van der Waals surface area contributed by atoms with Crippen LogP contribution in [0.3, 0.4) is 0 Å². The molecular formula is C9H13BrN2O3. The summed E-state index contributed by atoms with van der Waals surface area (Å²) >= 11 is 3.14. The van der Waals surface area contributed by atoms with E-state index < -0.39 is 6.29 Å². The average molecular weight is 277 g/mol. The number of methoxy groups -OCH3 is 2. The molecule has 84 valence electrons. The van der Waals surface area contributed by atoms with Gasteiger partial charge in [0, 0.05) is 20.4 Å². The van der Waals surface area contributed by atoms with E-state index in [1.165, 1.54) is 25.0 Å². The lowest BCUT2D eigenvalue weighted by Crippen LogP contribution is -2.31. The monoisotopic (exact) mass is 276 g/mol. The molecule has 0 saturated heterocycles. The minimum atomic E-state index is -0.447. The fraction of sp³-hybridized carbons (Fsp3) is 0.556. The predicted molar refractivity (Wildman–Crippen MR) is 58.7 cm³/mol. The summed E-state index contributed by atoms with van der Waals surface area (Å²) in [4.78, 5) is 15.8. The molecule has 1 rings (SSSR count). The van der Waals surface area contributed by atoms with Crippen molar-refractivity contribution >= 4 is 15.9 Å². The van der Waals surface area contributed by atoms with Crippen LogP contribution in [0.1, 0.15) is 5.82 Å². The van der Waals surface area contributed by atoms with Crippen molar-refractivity contribution in [2.75, 3.05) is 14.2 Å². The Bertz CT molecular complexity index is 387. The number of rotatable bonds is 4. The van der Waals surface area contributed by atoms with Crippen molar-refractivity contribution in [1.29, 1.82) is 0 Å². The van der Waals surface area contributed by atoms with Crippen molar-refractivity contribution in [3.05, 3.63) is 26.8 Å². The number of aryl methyl sites for hydroxylation is 1. The van der Waals surface area contributed by atoms with Crippen molar-refractivity contribution in [3.8, 4) is 0 Å². The van der Waals surface area contributed by atoms with Gasteiger partial charge in [0.25, 0.3) is 5.56 Å². The molecule has 5 nitrogen and oxygen atoms in total. The number of ether oxygens (including phenoxy) is 2. The first-order chi connectivity index (χ1) is 7.10. The molecule has 15 heavy (non-hydrogen) atoms. The number of hydrogen-bond donors (Lipinski definition) is 0. The topological polar surface area (TPSA) is 53.4 Å². The van der Waals surface area contributed by atoms with Gasteiger partial charge in [0.2, 0.25) is 0 Å². The second kappa shape index (κ2) is 5.39. The van der Waals surface area contributed by atoms with Gasteiger partial charge in [-0.05, 0) is 22.9 Å². The standard InChI is InChI=1S/C9H13BrN2O3/c1-6-11-4-7(10)9(13)12(6)5-8(14-2)15-3/h4,8H,5H2,1-3H3. The maximum Gasteiger partial charge on any atom is 0.267 e. The van der Waals surface area contributed by atoms with Crippen LogP contribution in [-0.2, 0) is 16.0 Å². The molecule has 0 aromatic carbocycles. The molecule has 1 heterocycles. The van der Waals surface area contributed by atoms with Gasteiger partial charge in [-0.15, -0.1) is 0 Å². The first-order valence-corrected chi connectivity index (χ1v) is 5.17. The van der Waals surface area contributed by atoms with E-state index in [1.54, 1.807) is 6.92 Å². The fourth-order valence-corrected chi connectivity index (χ4v) is 1.48. The molecule has 0 unspecified atom stereocenters. The van der Waals surface area contributed by atoms with Gasteiger partial charge >= 0.3 is 0 Å². The van der Waals surface area contributed by atoms with Crippen LogP contribution in [0.2, 0.25) is 0 Å². The zero-order chi connectivity index (χ0) is 11.4. The zero-order valence-electron chi connectivity index (χ0n) is 8.86. The molecule has 0 aliphatic carbocycles. The minimum absolute atomic E-state index is 0.137. The summed E-state index contributed by atoms with van der Waals surface area (Å²) in [7, 11) is 3.06. The molecule has 0 atom stereocenters. The van der Waals surface area contributed by atoms with Gasteiger partial charge in [-0.1, -0.05) is 0 Å². The second-order valence-corrected chi connectivity index (χ2v) is 3.82. The summed E-state index contributed by atoms with van der Waals surface area (Å²) in [6, 6.07) is 0. The molecule has 0 radical (unpaired) electrons. The summed E-state index contributed by atoms with van der Waals surface area (Å²) in [5.74, 6) is 0.627. The molecule has 0 saturated carbocycles. The summed E-state index contributed by atoms with van der Waals surface area (Å²) in [5.41, 5.74) is -0.137. The highest BCUT2D eigenvalue weighted by molar-refractivity contribution is 9.10. The highest BCUT2D eigenvalue weighted by atomic mass is 79.9. The van der Waals surface area contributed by atoms with E-state index in [4.69, 9.17) is 9.47 Å². The van der Waals surface area contributed by atoms with E-state index in [-0.39, 0.29) is 5.56 Å². The van der Waals surface area contributed by atoms with Crippen molar-refractivity contribution in [1.82, 2.24) is 9.55 Å². The lowest BCUT2D eigenvalue weighted by molar-refractivity contribution is -0.111. The van der Waals surface area contributed by atoms with Crippen LogP contribution < -0.4 is 5.56 Å². The highest BCUT2D eigenvalue weighted by Gasteiger charge is 2.11. The SMILES string of the molecule is COC(Cn1c(C)ncc(Br)c1=O)OC. The van der Waals surface area contributed by atoms with E-state index in [0.29, 0.717) is 16.8 Å². The molecule has 0 bridgehead atoms. The number of aromatic nitrogens is 2. The van der Waals surface area contributed by atoms with Crippen molar-refractivity contribution in [2.45, 2.75) is 19.8 Å². The molecule has 1 aromatic heterocycles. The van der Waals surface area contributed by atoms with Crippen LogP contribution in [0.5, 0.6) is 0 Å². The van der Waals surface area contributed by atoms with Crippen molar-refractivity contribution < 1.29 is 9.47 Å². The van der Waals surface area contributed by atoms with Gasteiger partial charge in [-0.3, -0.25) is 9.36 Å². The molecule has 1 aromatic rings. The Balaban J connectivity index is 3.03. The van der Waals surface area contributed by atoms with Gasteiger partial charge in [0.1, 0.15) is 10.3 Å². The minimum Gasteiger partial charge on any atom is -0.354 e. The maximum absolute atomic E-state index is 11.7. The zero-order valence-corrected chi connectivity index (χ0v) is 10.4. The van der Waals surface area contributed by atoms with E-state index in [2.05, 4.69) is 20.9 Å². The van der Waals surface area contributed by atoms with Crippen LogP contribution in [0.15, 0.2) is 15.5 Å². The molecular weight excluding hydrogens is 264 g/mol. The molecule has 0 amide bonds. The molecule has 6 heteroatoms. The molecule has 0 fully saturated rings. The van der Waals surface area contributed by atoms with E-state index in [9.17, 15) is 4.79 Å². The highest BCUT2D eigenvalue weighted by Crippen LogP contribution is 2.03. The summed E-state index contributed by atoms with van der Waals surface area (Å²) in [6.45, 7) is 2.08. The Morgan fingerprint density at radius 1 is 1.53 bits per heavy atom. The van der Waals surface area contributed by atoms with Crippen LogP contribution in [0.25, 0.3) is 0 Å². The van der Waals surface area contributed by atoms with Gasteiger partial charge in [0.05, 0.1) is 6.54 Å². The lowest BCUT2D eigenvalue weighted by Gasteiger charge is -2.16. The molecule has 0 aliphatic heterocycles. The number of nitrogens with zero attached hydrogens (tertiary/aromatic N) is 2. The lowest BCUT2D eigenvalue weighted by atomic mass is 10.5. The third-order valence-corrected chi connectivity index (χ3v) is 2.61. The normalized spacial score (nSPS) is 11.0. The Kier molecular flexibility index (Phi) is 4.44. The van der Waals surface area contributed by atoms with E-state index in [1.807, 2.05) is 0 Å². The van der Waals surface area contributed by atoms with Gasteiger partial charge in [-0.25, -0.2) is 4.98 Å². The second-order valence-electron chi connectivity index (χ2n) is 2.97. The molecule has 0 aliphatic rings. The first-order valence-electron chi connectivity index (χ1n) is 4.37. The van der Waals surface area contributed by atoms with E-state index in [0.717, 1.165) is 0 Å². The van der Waals surface area contributed by atoms with Crippen LogP contribution >= 0.6 is 15.9 Å². The molecule has 0 N–H and O–H groups in total. The largest absolute Gasteiger partial charge is 0.354 e. The average Bonchev–Trinajstić information content (AvgIpc) is 2.24.